The molecule has 0 spiro atoms. The van der Waals surface area contributed by atoms with Crippen molar-refractivity contribution in [1.82, 2.24) is 0 Å². The number of ether oxygens (including phenoxy) is 2. The Kier molecular flexibility index (Phi) is 30.2. The molecular formula is C43H78O9. The molecule has 1 aliphatic carbocycles. The van der Waals surface area contributed by atoms with E-state index in [1.54, 1.807) is 12.2 Å². The van der Waals surface area contributed by atoms with Crippen molar-refractivity contribution in [3.63, 3.8) is 0 Å². The van der Waals surface area contributed by atoms with Gasteiger partial charge in [-0.15, -0.1) is 0 Å². The predicted octanol–water partition coefficient (Wildman–Crippen LogP) is 8.85. The third-order valence-electron chi connectivity index (χ3n) is 10.5. The van der Waals surface area contributed by atoms with Crippen LogP contribution in [-0.4, -0.2) is 75.8 Å². The lowest BCUT2D eigenvalue weighted by atomic mass is 9.87. The number of unbranched alkanes of at least 4 members (excludes halogenated alkanes) is 19. The zero-order valence-electron chi connectivity index (χ0n) is 33.2. The lowest BCUT2D eigenvalue weighted by Gasteiger charge is -2.20. The number of aliphatic hydroxyl groups excluding tert-OH is 4. The molecule has 9 heteroatoms. The normalized spacial score (nSPS) is 20.0. The van der Waals surface area contributed by atoms with Gasteiger partial charge in [0.05, 0.1) is 18.3 Å². The van der Waals surface area contributed by atoms with E-state index in [1.807, 2.05) is 0 Å². The highest BCUT2D eigenvalue weighted by molar-refractivity contribution is 5.79. The molecule has 4 N–H and O–H groups in total. The highest BCUT2D eigenvalue weighted by Gasteiger charge is 2.41. The first-order valence-electron chi connectivity index (χ1n) is 21.4. The van der Waals surface area contributed by atoms with Gasteiger partial charge in [-0.05, 0) is 25.7 Å². The summed E-state index contributed by atoms with van der Waals surface area (Å²) in [4.78, 5) is 36.8. The first-order chi connectivity index (χ1) is 25.2. The number of Topliss-reactive ketones (excluding diaryl/α,β-unsaturated/α-hetero) is 1. The monoisotopic (exact) mass is 739 g/mol. The van der Waals surface area contributed by atoms with E-state index in [-0.39, 0.29) is 56.6 Å². The molecular weight excluding hydrogens is 660 g/mol. The van der Waals surface area contributed by atoms with E-state index in [1.165, 1.54) is 89.9 Å². The molecule has 0 aromatic carbocycles. The third-order valence-corrected chi connectivity index (χ3v) is 10.5. The summed E-state index contributed by atoms with van der Waals surface area (Å²) in [6, 6.07) is 0. The molecule has 1 fully saturated rings. The summed E-state index contributed by atoms with van der Waals surface area (Å²) in [6.45, 7) is 3.90. The quantitative estimate of drug-likeness (QED) is 0.0284. The molecule has 1 rings (SSSR count). The van der Waals surface area contributed by atoms with Gasteiger partial charge in [0.25, 0.3) is 0 Å². The smallest absolute Gasteiger partial charge is 0.305 e. The molecule has 0 aliphatic heterocycles. The van der Waals surface area contributed by atoms with Gasteiger partial charge in [0, 0.05) is 43.9 Å². The van der Waals surface area contributed by atoms with Crippen LogP contribution in [0, 0.1) is 11.8 Å². The Bertz CT molecular complexity index is 922. The number of esters is 2. The zero-order valence-corrected chi connectivity index (χ0v) is 33.2. The van der Waals surface area contributed by atoms with E-state index < -0.39 is 36.3 Å². The number of carbonyl (C=O) groups excluding carboxylic acids is 3. The number of hydrogen-bond acceptors (Lipinski definition) is 9. The summed E-state index contributed by atoms with van der Waals surface area (Å²) < 4.78 is 10.3. The van der Waals surface area contributed by atoms with Gasteiger partial charge in [-0.2, -0.15) is 0 Å². The Morgan fingerprint density at radius 2 is 1.02 bits per heavy atom. The standard InChI is InChI=1S/C43H78O9/c1-3-5-7-8-9-10-11-12-13-14-15-16-17-18-19-20-22-27-42(49)51-33-37(46)34-52-43(50)28-24-23-26-36(45)31-39-38(40(47)32-41(39)48)30-29-35(44)25-21-6-4-2/h29-30,35,37-41,44,46-48H,3-28,31-34H2,1-2H3/b30-29+/t35-,37+,38+,39+,40+,41-/m0/s1. The number of ketones is 1. The van der Waals surface area contributed by atoms with Gasteiger partial charge in [0.15, 0.2) is 0 Å². The molecule has 0 radical (unpaired) electrons. The second-order valence-corrected chi connectivity index (χ2v) is 15.4. The second-order valence-electron chi connectivity index (χ2n) is 15.4. The average molecular weight is 739 g/mol. The van der Waals surface area contributed by atoms with Gasteiger partial charge in [-0.25, -0.2) is 0 Å². The zero-order chi connectivity index (χ0) is 38.2. The van der Waals surface area contributed by atoms with Crippen LogP contribution in [-0.2, 0) is 23.9 Å². The number of rotatable bonds is 35. The Morgan fingerprint density at radius 3 is 1.52 bits per heavy atom. The van der Waals surface area contributed by atoms with Crippen LogP contribution in [0.5, 0.6) is 0 Å². The minimum absolute atomic E-state index is 0.0412. The molecule has 0 unspecified atom stereocenters. The van der Waals surface area contributed by atoms with Crippen LogP contribution in [0.25, 0.3) is 0 Å². The molecule has 0 amide bonds. The molecule has 0 saturated heterocycles. The first kappa shape index (κ1) is 48.2. The molecule has 1 aliphatic rings. The molecule has 9 nitrogen and oxygen atoms in total. The number of carbonyl (C=O) groups is 3. The third kappa shape index (κ3) is 26.0. The molecule has 52 heavy (non-hydrogen) atoms. The topological polar surface area (TPSA) is 151 Å². The fraction of sp³-hybridized carbons (Fsp3) is 0.884. The van der Waals surface area contributed by atoms with E-state index in [0.29, 0.717) is 25.7 Å². The van der Waals surface area contributed by atoms with Crippen LogP contribution in [0.3, 0.4) is 0 Å². The van der Waals surface area contributed by atoms with Crippen LogP contribution >= 0.6 is 0 Å². The van der Waals surface area contributed by atoms with Gasteiger partial charge in [-0.1, -0.05) is 148 Å². The summed E-state index contributed by atoms with van der Waals surface area (Å²) in [5, 5.41) is 41.1. The van der Waals surface area contributed by atoms with Crippen LogP contribution in [0.4, 0.5) is 0 Å². The van der Waals surface area contributed by atoms with Crippen LogP contribution in [0.2, 0.25) is 0 Å². The second kappa shape index (κ2) is 32.6. The Morgan fingerprint density at radius 1 is 0.596 bits per heavy atom. The van der Waals surface area contributed by atoms with Crippen LogP contribution in [0.15, 0.2) is 12.2 Å². The molecule has 0 bridgehead atoms. The van der Waals surface area contributed by atoms with Crippen LogP contribution in [0.1, 0.15) is 194 Å². The maximum atomic E-state index is 12.7. The number of aliphatic hydroxyl groups is 4. The van der Waals surface area contributed by atoms with Crippen molar-refractivity contribution in [2.45, 2.75) is 218 Å². The molecule has 0 heterocycles. The van der Waals surface area contributed by atoms with Gasteiger partial charge in [0.1, 0.15) is 25.1 Å². The number of hydrogen-bond donors (Lipinski definition) is 4. The summed E-state index contributed by atoms with van der Waals surface area (Å²) in [5.74, 6) is -1.66. The predicted molar refractivity (Wildman–Crippen MR) is 208 cm³/mol. The summed E-state index contributed by atoms with van der Waals surface area (Å²) in [6.07, 6.45) is 27.6. The van der Waals surface area contributed by atoms with Gasteiger partial charge in [-0.3, -0.25) is 14.4 Å². The van der Waals surface area contributed by atoms with E-state index in [0.717, 1.165) is 38.5 Å². The van der Waals surface area contributed by atoms with Crippen molar-refractivity contribution in [1.29, 1.82) is 0 Å². The van der Waals surface area contributed by atoms with Crippen LogP contribution < -0.4 is 0 Å². The minimum Gasteiger partial charge on any atom is -0.463 e. The minimum atomic E-state index is -1.09. The van der Waals surface area contributed by atoms with Crippen molar-refractivity contribution < 1.29 is 44.3 Å². The van der Waals surface area contributed by atoms with Crippen molar-refractivity contribution in [3.8, 4) is 0 Å². The van der Waals surface area contributed by atoms with Crippen molar-refractivity contribution >= 4 is 17.7 Å². The maximum absolute atomic E-state index is 12.7. The maximum Gasteiger partial charge on any atom is 0.305 e. The highest BCUT2D eigenvalue weighted by atomic mass is 16.6. The van der Waals surface area contributed by atoms with Gasteiger partial charge < -0.3 is 29.9 Å². The summed E-state index contributed by atoms with van der Waals surface area (Å²) in [5.41, 5.74) is 0. The lowest BCUT2D eigenvalue weighted by Crippen LogP contribution is -2.25. The highest BCUT2D eigenvalue weighted by Crippen LogP contribution is 2.36. The Labute approximate surface area is 316 Å². The van der Waals surface area contributed by atoms with E-state index in [2.05, 4.69) is 13.8 Å². The van der Waals surface area contributed by atoms with E-state index in [9.17, 15) is 34.8 Å². The van der Waals surface area contributed by atoms with Gasteiger partial charge >= 0.3 is 11.9 Å². The SMILES string of the molecule is CCCCCCCCCCCCCCCCCCCC(=O)OC[C@@H](O)COC(=O)CCCCC(=O)C[C@@H]1[C@@H](/C=C/[C@@H](O)CCCCC)[C@H](O)C[C@@H]1O. The molecule has 1 saturated carbocycles. The van der Waals surface area contributed by atoms with Crippen molar-refractivity contribution in [2.24, 2.45) is 11.8 Å². The average Bonchev–Trinajstić information content (AvgIpc) is 3.39. The van der Waals surface area contributed by atoms with Crippen molar-refractivity contribution in [3.05, 3.63) is 12.2 Å². The molecule has 304 valence electrons. The fourth-order valence-corrected chi connectivity index (χ4v) is 7.14. The Balaban J connectivity index is 2.02. The lowest BCUT2D eigenvalue weighted by molar-refractivity contribution is -0.152. The summed E-state index contributed by atoms with van der Waals surface area (Å²) >= 11 is 0. The summed E-state index contributed by atoms with van der Waals surface area (Å²) in [7, 11) is 0. The largest absolute Gasteiger partial charge is 0.463 e. The molecule has 6 atom stereocenters. The Hall–Kier alpha value is -1.81. The van der Waals surface area contributed by atoms with E-state index >= 15 is 0 Å². The molecule has 0 aromatic rings. The molecule has 0 aromatic heterocycles. The van der Waals surface area contributed by atoms with Crippen molar-refractivity contribution in [2.75, 3.05) is 13.2 Å². The van der Waals surface area contributed by atoms with Gasteiger partial charge in [0.2, 0.25) is 0 Å². The fourth-order valence-electron chi connectivity index (χ4n) is 7.14. The first-order valence-corrected chi connectivity index (χ1v) is 21.4. The van der Waals surface area contributed by atoms with E-state index in [4.69, 9.17) is 9.47 Å².